The first-order valence-corrected chi connectivity index (χ1v) is 5.89. The molecule has 1 heterocycles. The molecule has 0 bridgehead atoms. The van der Waals surface area contributed by atoms with Crippen molar-refractivity contribution in [3.63, 3.8) is 0 Å². The first-order valence-electron chi connectivity index (χ1n) is 5.89. The minimum Gasteiger partial charge on any atom is -0.344 e. The van der Waals surface area contributed by atoms with Crippen LogP contribution >= 0.6 is 0 Å². The molecule has 5 nitrogen and oxygen atoms in total. The number of methoxy groups -OCH3 is 1. The number of carbonyl (C=O) groups excluding carboxylic acids is 1. The molecular formula is C10H15F6N3O2. The minimum absolute atomic E-state index is 0.0256. The fourth-order valence-electron chi connectivity index (χ4n) is 1.82. The average Bonchev–Trinajstić information content (AvgIpc) is 2.33. The minimum atomic E-state index is -5.85. The summed E-state index contributed by atoms with van der Waals surface area (Å²) in [5, 5.41) is 0.941. The van der Waals surface area contributed by atoms with Gasteiger partial charge in [-0.3, -0.25) is 5.32 Å². The van der Waals surface area contributed by atoms with Gasteiger partial charge in [0.15, 0.2) is 0 Å². The molecule has 0 aromatic carbocycles. The van der Waals surface area contributed by atoms with Gasteiger partial charge in [0, 0.05) is 33.3 Å². The van der Waals surface area contributed by atoms with E-state index in [-0.39, 0.29) is 20.2 Å². The number of urea groups is 1. The molecule has 0 saturated carbocycles. The number of rotatable bonds is 2. The van der Waals surface area contributed by atoms with Crippen molar-refractivity contribution >= 4 is 6.03 Å². The summed E-state index contributed by atoms with van der Waals surface area (Å²) >= 11 is 0. The highest BCUT2D eigenvalue weighted by atomic mass is 19.4. The number of hydrogen-bond acceptors (Lipinski definition) is 3. The van der Waals surface area contributed by atoms with Crippen LogP contribution in [0, 0.1) is 0 Å². The molecular weight excluding hydrogens is 308 g/mol. The monoisotopic (exact) mass is 323 g/mol. The van der Waals surface area contributed by atoms with Crippen LogP contribution in [0.5, 0.6) is 0 Å². The summed E-state index contributed by atoms with van der Waals surface area (Å²) in [6, 6.07) is -1.47. The third-order valence-corrected chi connectivity index (χ3v) is 3.18. The highest BCUT2D eigenvalue weighted by Crippen LogP contribution is 2.43. The highest BCUT2D eigenvalue weighted by molar-refractivity contribution is 5.75. The summed E-state index contributed by atoms with van der Waals surface area (Å²) in [6.07, 6.45) is -11.7. The fourth-order valence-corrected chi connectivity index (χ4v) is 1.82. The van der Waals surface area contributed by atoms with Crippen molar-refractivity contribution in [2.24, 2.45) is 0 Å². The topological polar surface area (TPSA) is 44.8 Å². The highest BCUT2D eigenvalue weighted by Gasteiger charge is 2.73. The zero-order chi connectivity index (χ0) is 16.5. The Kier molecular flexibility index (Phi) is 4.98. The number of nitrogens with one attached hydrogen (secondary N) is 1. The van der Waals surface area contributed by atoms with Crippen LogP contribution in [0.2, 0.25) is 0 Å². The largest absolute Gasteiger partial charge is 0.446 e. The van der Waals surface area contributed by atoms with Crippen LogP contribution in [-0.4, -0.2) is 74.2 Å². The predicted molar refractivity (Wildman–Crippen MR) is 59.5 cm³/mol. The molecule has 0 radical (unpaired) electrons. The first-order chi connectivity index (χ1) is 9.44. The lowest BCUT2D eigenvalue weighted by Gasteiger charge is -2.39. The molecule has 0 aromatic rings. The molecule has 1 fully saturated rings. The fraction of sp³-hybridized carbons (Fsp3) is 0.900. The van der Waals surface area contributed by atoms with Gasteiger partial charge in [-0.1, -0.05) is 0 Å². The van der Waals surface area contributed by atoms with Gasteiger partial charge in [-0.2, -0.15) is 26.3 Å². The molecule has 0 atom stereocenters. The van der Waals surface area contributed by atoms with E-state index in [1.54, 1.807) is 11.9 Å². The SMILES string of the molecule is COC(NC(=O)N1CCN(C)CC1)(C(F)(F)F)C(F)(F)F. The maximum atomic E-state index is 12.8. The number of piperazine rings is 1. The van der Waals surface area contributed by atoms with Gasteiger partial charge in [-0.05, 0) is 7.05 Å². The third kappa shape index (κ3) is 3.51. The Morgan fingerprint density at radius 1 is 1.00 bits per heavy atom. The van der Waals surface area contributed by atoms with Gasteiger partial charge in [0.1, 0.15) is 0 Å². The molecule has 124 valence electrons. The van der Waals surface area contributed by atoms with E-state index in [0.717, 1.165) is 10.2 Å². The van der Waals surface area contributed by atoms with Crippen molar-refractivity contribution in [3.05, 3.63) is 0 Å². The Morgan fingerprint density at radius 3 is 1.76 bits per heavy atom. The van der Waals surface area contributed by atoms with Crippen molar-refractivity contribution in [3.8, 4) is 0 Å². The van der Waals surface area contributed by atoms with Crippen LogP contribution in [-0.2, 0) is 4.74 Å². The number of carbonyl (C=O) groups is 1. The second kappa shape index (κ2) is 5.87. The molecule has 1 rings (SSSR count). The summed E-state index contributed by atoms with van der Waals surface area (Å²) < 4.78 is 80.3. The molecule has 1 aliphatic rings. The number of nitrogens with zero attached hydrogens (tertiary/aromatic N) is 2. The molecule has 1 aliphatic heterocycles. The van der Waals surface area contributed by atoms with Crippen molar-refractivity contribution in [1.29, 1.82) is 0 Å². The molecule has 0 aromatic heterocycles. The second-order valence-corrected chi connectivity index (χ2v) is 4.60. The average molecular weight is 323 g/mol. The van der Waals surface area contributed by atoms with Gasteiger partial charge in [0.05, 0.1) is 0 Å². The van der Waals surface area contributed by atoms with Gasteiger partial charge in [0.25, 0.3) is 0 Å². The number of amides is 2. The van der Waals surface area contributed by atoms with Crippen LogP contribution in [0.25, 0.3) is 0 Å². The van der Waals surface area contributed by atoms with Crippen molar-refractivity contribution in [2.75, 3.05) is 40.3 Å². The van der Waals surface area contributed by atoms with Gasteiger partial charge in [-0.25, -0.2) is 4.79 Å². The van der Waals surface area contributed by atoms with Crippen LogP contribution < -0.4 is 5.32 Å². The number of hydrogen-bond donors (Lipinski definition) is 1. The van der Waals surface area contributed by atoms with E-state index in [1.807, 2.05) is 0 Å². The number of ether oxygens (including phenoxy) is 1. The molecule has 0 unspecified atom stereocenters. The third-order valence-electron chi connectivity index (χ3n) is 3.18. The maximum absolute atomic E-state index is 12.8. The smallest absolute Gasteiger partial charge is 0.344 e. The Bertz CT molecular complexity index is 362. The van der Waals surface area contributed by atoms with E-state index in [4.69, 9.17) is 0 Å². The molecule has 0 spiro atoms. The molecule has 0 aliphatic carbocycles. The first kappa shape index (κ1) is 17.8. The molecule has 11 heteroatoms. The van der Waals surface area contributed by atoms with E-state index in [1.165, 1.54) is 0 Å². The number of likely N-dealkylation sites (N-methyl/N-ethyl adjacent to an activating group) is 1. The predicted octanol–water partition coefficient (Wildman–Crippen LogP) is 1.41. The van der Waals surface area contributed by atoms with E-state index < -0.39 is 24.1 Å². The van der Waals surface area contributed by atoms with Gasteiger partial charge in [0.2, 0.25) is 0 Å². The summed E-state index contributed by atoms with van der Waals surface area (Å²) in [5.41, 5.74) is -4.72. The van der Waals surface area contributed by atoms with Gasteiger partial charge >= 0.3 is 24.1 Å². The summed E-state index contributed by atoms with van der Waals surface area (Å²) in [5.74, 6) is 0. The zero-order valence-corrected chi connectivity index (χ0v) is 11.3. The van der Waals surface area contributed by atoms with Crippen LogP contribution in [0.15, 0.2) is 0 Å². The Hall–Kier alpha value is -1.23. The lowest BCUT2D eigenvalue weighted by Crippen LogP contribution is -2.70. The summed E-state index contributed by atoms with van der Waals surface area (Å²) in [4.78, 5) is 14.4. The van der Waals surface area contributed by atoms with E-state index in [9.17, 15) is 31.1 Å². The van der Waals surface area contributed by atoms with E-state index >= 15 is 0 Å². The molecule has 1 N–H and O–H groups in total. The van der Waals surface area contributed by atoms with Crippen LogP contribution in [0.3, 0.4) is 0 Å². The van der Waals surface area contributed by atoms with E-state index in [0.29, 0.717) is 13.1 Å². The Labute approximate surface area is 116 Å². The van der Waals surface area contributed by atoms with Gasteiger partial charge in [-0.15, -0.1) is 0 Å². The molecule has 21 heavy (non-hydrogen) atoms. The Balaban J connectivity index is 2.94. The lowest BCUT2D eigenvalue weighted by atomic mass is 10.2. The second-order valence-electron chi connectivity index (χ2n) is 4.60. The standard InChI is InChI=1S/C10H15F6N3O2/c1-18-3-5-19(6-4-18)7(20)17-8(21-2,9(11,12)13)10(14,15)16/h3-6H2,1-2H3,(H,17,20). The van der Waals surface area contributed by atoms with Crippen LogP contribution in [0.1, 0.15) is 0 Å². The zero-order valence-electron chi connectivity index (χ0n) is 11.3. The van der Waals surface area contributed by atoms with Crippen LogP contribution in [0.4, 0.5) is 31.1 Å². The number of halogens is 6. The normalized spacial score (nSPS) is 18.8. The van der Waals surface area contributed by atoms with Crippen molar-refractivity contribution in [2.45, 2.75) is 18.1 Å². The lowest BCUT2D eigenvalue weighted by molar-refractivity contribution is -0.382. The molecule has 2 amide bonds. The maximum Gasteiger partial charge on any atom is 0.446 e. The van der Waals surface area contributed by atoms with Crippen molar-refractivity contribution < 1.29 is 35.9 Å². The summed E-state index contributed by atoms with van der Waals surface area (Å²) in [6.45, 7) is 0.757. The molecule has 1 saturated heterocycles. The van der Waals surface area contributed by atoms with Gasteiger partial charge < -0.3 is 14.5 Å². The Morgan fingerprint density at radius 2 is 1.43 bits per heavy atom. The quantitative estimate of drug-likeness (QED) is 0.617. The van der Waals surface area contributed by atoms with Crippen molar-refractivity contribution in [1.82, 2.24) is 15.1 Å². The number of alkyl halides is 6. The van der Waals surface area contributed by atoms with E-state index in [2.05, 4.69) is 4.74 Å². The summed E-state index contributed by atoms with van der Waals surface area (Å²) in [7, 11) is 1.96.